The molecule has 0 aliphatic rings. The maximum absolute atomic E-state index is 13.1. The van der Waals surface area contributed by atoms with Gasteiger partial charge in [0.2, 0.25) is 0 Å². The number of rotatable bonds is 9. The highest BCUT2D eigenvalue weighted by Gasteiger charge is 2.01. The van der Waals surface area contributed by atoms with Crippen LogP contribution in [0.1, 0.15) is 58.3 Å². The number of unbranched alkanes of at least 4 members (excludes halogenated alkanes) is 7. The van der Waals surface area contributed by atoms with Crippen molar-refractivity contribution in [1.82, 2.24) is 4.57 Å². The summed E-state index contributed by atoms with van der Waals surface area (Å²) in [4.78, 5) is 0. The highest BCUT2D eigenvalue weighted by molar-refractivity contribution is 5.80. The molecule has 0 N–H and O–H groups in total. The van der Waals surface area contributed by atoms with Crippen molar-refractivity contribution in [2.45, 2.75) is 64.8 Å². The second kappa shape index (κ2) is 8.08. The fraction of sp³-hybridized carbons (Fsp3) is 0.556. The minimum absolute atomic E-state index is 0.151. The van der Waals surface area contributed by atoms with Gasteiger partial charge in [0.05, 0.1) is 0 Å². The van der Waals surface area contributed by atoms with E-state index in [1.54, 1.807) is 12.1 Å². The minimum atomic E-state index is -0.151. The average molecular weight is 275 g/mol. The van der Waals surface area contributed by atoms with Crippen LogP contribution in [0.15, 0.2) is 30.5 Å². The van der Waals surface area contributed by atoms with Gasteiger partial charge in [-0.15, -0.1) is 0 Å². The lowest BCUT2D eigenvalue weighted by molar-refractivity contribution is 0.549. The van der Waals surface area contributed by atoms with Gasteiger partial charge in [-0.25, -0.2) is 4.39 Å². The Bertz CT molecular complexity index is 515. The number of nitrogens with zero attached hydrogens (tertiary/aromatic N) is 1. The molecular weight excluding hydrogens is 249 g/mol. The summed E-state index contributed by atoms with van der Waals surface area (Å²) in [5.41, 5.74) is 1.15. The van der Waals surface area contributed by atoms with Gasteiger partial charge in [0.15, 0.2) is 0 Å². The number of hydrogen-bond acceptors (Lipinski definition) is 0. The summed E-state index contributed by atoms with van der Waals surface area (Å²) in [6.45, 7) is 3.30. The summed E-state index contributed by atoms with van der Waals surface area (Å²) < 4.78 is 15.4. The molecule has 1 heterocycles. The van der Waals surface area contributed by atoms with Gasteiger partial charge in [-0.3, -0.25) is 0 Å². The van der Waals surface area contributed by atoms with E-state index in [-0.39, 0.29) is 5.82 Å². The van der Waals surface area contributed by atoms with Gasteiger partial charge in [-0.1, -0.05) is 51.9 Å². The zero-order valence-electron chi connectivity index (χ0n) is 12.6. The molecule has 0 amide bonds. The molecule has 1 aromatic carbocycles. The smallest absolute Gasteiger partial charge is 0.123 e. The molecule has 2 rings (SSSR count). The van der Waals surface area contributed by atoms with Gasteiger partial charge in [0, 0.05) is 23.6 Å². The van der Waals surface area contributed by atoms with Crippen molar-refractivity contribution in [3.8, 4) is 0 Å². The third-order valence-corrected chi connectivity index (χ3v) is 3.99. The molecule has 0 bridgehead atoms. The molecule has 1 aromatic heterocycles. The molecule has 2 heteroatoms. The Morgan fingerprint density at radius 3 is 2.35 bits per heavy atom. The van der Waals surface area contributed by atoms with Gasteiger partial charge in [-0.2, -0.15) is 0 Å². The lowest BCUT2D eigenvalue weighted by Crippen LogP contribution is -1.96. The first-order chi connectivity index (χ1) is 9.81. The standard InChI is InChI=1S/C18H26FN/c1-2-3-4-5-6-7-8-9-13-20-14-12-16-15-17(19)10-11-18(16)20/h10-12,14-15H,2-9,13H2,1H3. The summed E-state index contributed by atoms with van der Waals surface area (Å²) in [7, 11) is 0. The first-order valence-electron chi connectivity index (χ1n) is 8.05. The Morgan fingerprint density at radius 2 is 1.60 bits per heavy atom. The fourth-order valence-electron chi connectivity index (χ4n) is 2.78. The van der Waals surface area contributed by atoms with Crippen molar-refractivity contribution >= 4 is 10.9 Å². The largest absolute Gasteiger partial charge is 0.347 e. The third-order valence-electron chi connectivity index (χ3n) is 3.99. The van der Waals surface area contributed by atoms with Gasteiger partial charge in [0.1, 0.15) is 5.82 Å². The number of benzene rings is 1. The van der Waals surface area contributed by atoms with Gasteiger partial charge in [-0.05, 0) is 30.7 Å². The maximum atomic E-state index is 13.1. The van der Waals surface area contributed by atoms with Crippen LogP contribution in [0.2, 0.25) is 0 Å². The number of aromatic nitrogens is 1. The maximum Gasteiger partial charge on any atom is 0.123 e. The molecule has 0 unspecified atom stereocenters. The minimum Gasteiger partial charge on any atom is -0.347 e. The van der Waals surface area contributed by atoms with E-state index in [0.717, 1.165) is 17.4 Å². The van der Waals surface area contributed by atoms with Crippen LogP contribution >= 0.6 is 0 Å². The molecule has 1 nitrogen and oxygen atoms in total. The predicted molar refractivity (Wildman–Crippen MR) is 84.5 cm³/mol. The van der Waals surface area contributed by atoms with E-state index >= 15 is 0 Å². The summed E-state index contributed by atoms with van der Waals surface area (Å²) in [6.07, 6.45) is 12.8. The summed E-state index contributed by atoms with van der Waals surface area (Å²) >= 11 is 0. The topological polar surface area (TPSA) is 4.93 Å². The molecule has 0 aliphatic heterocycles. The van der Waals surface area contributed by atoms with Crippen molar-refractivity contribution in [1.29, 1.82) is 0 Å². The number of fused-ring (bicyclic) bond motifs is 1. The van der Waals surface area contributed by atoms with E-state index in [4.69, 9.17) is 0 Å². The molecule has 2 aromatic rings. The molecule has 0 fully saturated rings. The molecule has 20 heavy (non-hydrogen) atoms. The Hall–Kier alpha value is -1.31. The average Bonchev–Trinajstić information content (AvgIpc) is 2.84. The second-order valence-corrected chi connectivity index (χ2v) is 5.69. The Labute approximate surface area is 121 Å². The molecule has 0 atom stereocenters. The first kappa shape index (κ1) is 15.1. The Balaban J connectivity index is 1.68. The first-order valence-corrected chi connectivity index (χ1v) is 8.05. The molecule has 0 aliphatic carbocycles. The van der Waals surface area contributed by atoms with E-state index in [1.165, 1.54) is 51.4 Å². The van der Waals surface area contributed by atoms with Crippen molar-refractivity contribution in [2.75, 3.05) is 0 Å². The molecule has 0 spiro atoms. The molecule has 0 saturated heterocycles. The highest BCUT2D eigenvalue weighted by atomic mass is 19.1. The van der Waals surface area contributed by atoms with Crippen molar-refractivity contribution < 1.29 is 4.39 Å². The molecule has 0 saturated carbocycles. The van der Waals surface area contributed by atoms with Crippen molar-refractivity contribution in [3.63, 3.8) is 0 Å². The molecule has 0 radical (unpaired) electrons. The summed E-state index contributed by atoms with van der Waals surface area (Å²) in [5.74, 6) is -0.151. The van der Waals surface area contributed by atoms with Crippen LogP contribution in [0, 0.1) is 5.82 Å². The Kier molecular flexibility index (Phi) is 6.10. The van der Waals surface area contributed by atoms with Gasteiger partial charge >= 0.3 is 0 Å². The quantitative estimate of drug-likeness (QED) is 0.500. The van der Waals surface area contributed by atoms with Crippen LogP contribution in [-0.4, -0.2) is 4.57 Å². The normalized spacial score (nSPS) is 11.3. The van der Waals surface area contributed by atoms with Crippen molar-refractivity contribution in [2.24, 2.45) is 0 Å². The molecule has 110 valence electrons. The zero-order valence-corrected chi connectivity index (χ0v) is 12.6. The third kappa shape index (κ3) is 4.36. The zero-order chi connectivity index (χ0) is 14.2. The monoisotopic (exact) mass is 275 g/mol. The van der Waals surface area contributed by atoms with Crippen molar-refractivity contribution in [3.05, 3.63) is 36.3 Å². The Morgan fingerprint density at radius 1 is 0.900 bits per heavy atom. The van der Waals surface area contributed by atoms with Crippen LogP contribution in [0.5, 0.6) is 0 Å². The fourth-order valence-corrected chi connectivity index (χ4v) is 2.78. The van der Waals surface area contributed by atoms with E-state index in [2.05, 4.69) is 17.7 Å². The van der Waals surface area contributed by atoms with E-state index in [0.29, 0.717) is 0 Å². The van der Waals surface area contributed by atoms with Gasteiger partial charge < -0.3 is 4.57 Å². The van der Waals surface area contributed by atoms with E-state index in [1.807, 2.05) is 12.1 Å². The lowest BCUT2D eigenvalue weighted by atomic mass is 10.1. The lowest BCUT2D eigenvalue weighted by Gasteiger charge is -2.05. The van der Waals surface area contributed by atoms with Crippen LogP contribution in [-0.2, 0) is 6.54 Å². The molecular formula is C18H26FN. The second-order valence-electron chi connectivity index (χ2n) is 5.69. The van der Waals surface area contributed by atoms with Crippen LogP contribution < -0.4 is 0 Å². The number of hydrogen-bond donors (Lipinski definition) is 0. The van der Waals surface area contributed by atoms with E-state index in [9.17, 15) is 4.39 Å². The van der Waals surface area contributed by atoms with Crippen LogP contribution in [0.3, 0.4) is 0 Å². The van der Waals surface area contributed by atoms with Crippen LogP contribution in [0.4, 0.5) is 4.39 Å². The number of halogens is 1. The predicted octanol–water partition coefficient (Wildman–Crippen LogP) is 5.92. The van der Waals surface area contributed by atoms with Gasteiger partial charge in [0.25, 0.3) is 0 Å². The van der Waals surface area contributed by atoms with E-state index < -0.39 is 0 Å². The summed E-state index contributed by atoms with van der Waals surface area (Å²) in [5, 5.41) is 1.00. The number of aryl methyl sites for hydroxylation is 1. The SMILES string of the molecule is CCCCCCCCCCn1ccc2cc(F)ccc21. The van der Waals surface area contributed by atoms with Crippen LogP contribution in [0.25, 0.3) is 10.9 Å². The summed E-state index contributed by atoms with van der Waals surface area (Å²) in [6, 6.07) is 7.05. The highest BCUT2D eigenvalue weighted by Crippen LogP contribution is 2.18.